The normalized spacial score (nSPS) is 21.8. The van der Waals surface area contributed by atoms with Gasteiger partial charge in [0.1, 0.15) is 5.58 Å². The van der Waals surface area contributed by atoms with Crippen molar-refractivity contribution in [3.8, 4) is 0 Å². The molecule has 6 heteroatoms. The van der Waals surface area contributed by atoms with E-state index in [1.807, 2.05) is 31.2 Å². The van der Waals surface area contributed by atoms with E-state index in [-0.39, 0.29) is 11.9 Å². The lowest BCUT2D eigenvalue weighted by Gasteiger charge is -2.36. The first-order valence-electron chi connectivity index (χ1n) is 8.25. The number of furan rings is 1. The topological polar surface area (TPSA) is 67.6 Å². The minimum atomic E-state index is -3.20. The highest BCUT2D eigenvalue weighted by Crippen LogP contribution is 2.30. The van der Waals surface area contributed by atoms with E-state index < -0.39 is 15.1 Å². The van der Waals surface area contributed by atoms with Gasteiger partial charge < -0.3 is 9.32 Å². The highest BCUT2D eigenvalue weighted by Gasteiger charge is 2.38. The average molecular weight is 349 g/mol. The van der Waals surface area contributed by atoms with Crippen LogP contribution in [0.1, 0.15) is 41.8 Å². The second-order valence-electron chi connectivity index (χ2n) is 6.69. The van der Waals surface area contributed by atoms with Crippen molar-refractivity contribution in [2.45, 2.75) is 43.9 Å². The number of hydrogen-bond acceptors (Lipinski definition) is 4. The van der Waals surface area contributed by atoms with Gasteiger partial charge in [0.05, 0.1) is 5.25 Å². The van der Waals surface area contributed by atoms with Crippen molar-refractivity contribution < 1.29 is 17.6 Å². The standard InChI is InChI=1S/C18H23NO4S/c1-12-13-8-4-6-10-15(13)23-17(12)18(20)19(2)14-9-5-7-11-16(14)24(3,21)22/h4,6,8,10,14,16H,5,7,9,11H2,1-3H3/t14-,16+/m0/s1. The number of carbonyl (C=O) groups is 1. The van der Waals surface area contributed by atoms with Crippen LogP contribution >= 0.6 is 0 Å². The lowest BCUT2D eigenvalue weighted by Crippen LogP contribution is -2.49. The second-order valence-corrected chi connectivity index (χ2v) is 8.95. The largest absolute Gasteiger partial charge is 0.451 e. The Kier molecular flexibility index (Phi) is 4.42. The summed E-state index contributed by atoms with van der Waals surface area (Å²) >= 11 is 0. The van der Waals surface area contributed by atoms with Gasteiger partial charge in [-0.05, 0) is 25.8 Å². The molecule has 1 aromatic carbocycles. The van der Waals surface area contributed by atoms with Crippen LogP contribution in [0.2, 0.25) is 0 Å². The monoisotopic (exact) mass is 349 g/mol. The number of hydrogen-bond donors (Lipinski definition) is 0. The van der Waals surface area contributed by atoms with Crippen molar-refractivity contribution in [2.24, 2.45) is 0 Å². The molecular weight excluding hydrogens is 326 g/mol. The van der Waals surface area contributed by atoms with Gasteiger partial charge in [0.25, 0.3) is 5.91 Å². The Morgan fingerprint density at radius 1 is 1.21 bits per heavy atom. The van der Waals surface area contributed by atoms with Gasteiger partial charge in [0.2, 0.25) is 0 Å². The Balaban J connectivity index is 1.94. The summed E-state index contributed by atoms with van der Waals surface area (Å²) in [5, 5.41) is 0.419. The van der Waals surface area contributed by atoms with Gasteiger partial charge >= 0.3 is 0 Å². The van der Waals surface area contributed by atoms with Gasteiger partial charge in [-0.2, -0.15) is 0 Å². The van der Waals surface area contributed by atoms with Gasteiger partial charge in [0, 0.05) is 30.3 Å². The average Bonchev–Trinajstić information content (AvgIpc) is 2.90. The van der Waals surface area contributed by atoms with Crippen molar-refractivity contribution in [1.82, 2.24) is 4.90 Å². The molecule has 3 rings (SSSR count). The third-order valence-corrected chi connectivity index (χ3v) is 6.72. The van der Waals surface area contributed by atoms with Crippen molar-refractivity contribution in [2.75, 3.05) is 13.3 Å². The summed E-state index contributed by atoms with van der Waals surface area (Å²) in [6.45, 7) is 1.86. The van der Waals surface area contributed by atoms with Crippen LogP contribution in [0.3, 0.4) is 0 Å². The number of benzene rings is 1. The van der Waals surface area contributed by atoms with E-state index in [4.69, 9.17) is 4.42 Å². The van der Waals surface area contributed by atoms with Crippen LogP contribution < -0.4 is 0 Å². The van der Waals surface area contributed by atoms with Crippen molar-refractivity contribution in [3.05, 3.63) is 35.6 Å². The molecule has 0 radical (unpaired) electrons. The molecule has 1 amide bonds. The summed E-state index contributed by atoms with van der Waals surface area (Å²) in [6, 6.07) is 7.23. The summed E-state index contributed by atoms with van der Waals surface area (Å²) in [6.07, 6.45) is 4.41. The maximum Gasteiger partial charge on any atom is 0.289 e. The highest BCUT2D eigenvalue weighted by atomic mass is 32.2. The molecule has 0 bridgehead atoms. The third-order valence-electron chi connectivity index (χ3n) is 5.07. The molecule has 130 valence electrons. The van der Waals surface area contributed by atoms with Gasteiger partial charge in [-0.1, -0.05) is 31.0 Å². The Morgan fingerprint density at radius 3 is 2.54 bits per heavy atom. The maximum atomic E-state index is 12.9. The maximum absolute atomic E-state index is 12.9. The number of rotatable bonds is 3. The summed E-state index contributed by atoms with van der Waals surface area (Å²) in [7, 11) is -1.51. The van der Waals surface area contributed by atoms with E-state index >= 15 is 0 Å². The molecule has 1 aliphatic carbocycles. The number of nitrogens with zero attached hydrogens (tertiary/aromatic N) is 1. The van der Waals surface area contributed by atoms with E-state index in [9.17, 15) is 13.2 Å². The first-order valence-corrected chi connectivity index (χ1v) is 10.2. The van der Waals surface area contributed by atoms with E-state index in [1.54, 1.807) is 11.9 Å². The van der Waals surface area contributed by atoms with Crippen LogP contribution in [-0.4, -0.2) is 43.8 Å². The van der Waals surface area contributed by atoms with Gasteiger partial charge in [0.15, 0.2) is 15.6 Å². The zero-order valence-electron chi connectivity index (χ0n) is 14.3. The molecule has 2 aromatic rings. The quantitative estimate of drug-likeness (QED) is 0.853. The number of amides is 1. The number of sulfone groups is 1. The molecule has 1 fully saturated rings. The van der Waals surface area contributed by atoms with Crippen molar-refractivity contribution in [3.63, 3.8) is 0 Å². The molecule has 0 saturated heterocycles. The van der Waals surface area contributed by atoms with Crippen LogP contribution in [0.15, 0.2) is 28.7 Å². The van der Waals surface area contributed by atoms with E-state index in [1.165, 1.54) is 6.26 Å². The molecule has 0 N–H and O–H groups in total. The predicted molar refractivity (Wildman–Crippen MR) is 93.9 cm³/mol. The summed E-state index contributed by atoms with van der Waals surface area (Å²) in [5.41, 5.74) is 1.48. The zero-order chi connectivity index (χ0) is 17.5. The van der Waals surface area contributed by atoms with Crippen LogP contribution in [0.25, 0.3) is 11.0 Å². The summed E-state index contributed by atoms with van der Waals surface area (Å²) < 4.78 is 30.0. The minimum absolute atomic E-state index is 0.246. The molecule has 0 aliphatic heterocycles. The second kappa shape index (κ2) is 6.24. The molecule has 1 aromatic heterocycles. The third kappa shape index (κ3) is 2.95. The number of carbonyl (C=O) groups excluding carboxylic acids is 1. The van der Waals surface area contributed by atoms with E-state index in [2.05, 4.69) is 0 Å². The smallest absolute Gasteiger partial charge is 0.289 e. The predicted octanol–water partition coefficient (Wildman–Crippen LogP) is 3.17. The van der Waals surface area contributed by atoms with Crippen molar-refractivity contribution >= 4 is 26.7 Å². The van der Waals surface area contributed by atoms with Crippen molar-refractivity contribution in [1.29, 1.82) is 0 Å². The number of fused-ring (bicyclic) bond motifs is 1. The van der Waals surface area contributed by atoms with Gasteiger partial charge in [-0.3, -0.25) is 4.79 Å². The van der Waals surface area contributed by atoms with E-state index in [0.717, 1.165) is 23.8 Å². The first kappa shape index (κ1) is 17.0. The molecule has 1 aliphatic rings. The Bertz CT molecular complexity index is 868. The highest BCUT2D eigenvalue weighted by molar-refractivity contribution is 7.91. The van der Waals surface area contributed by atoms with Crippen LogP contribution in [0, 0.1) is 6.92 Å². The summed E-state index contributed by atoms with van der Waals surface area (Å²) in [4.78, 5) is 14.5. The molecule has 0 spiro atoms. The summed E-state index contributed by atoms with van der Waals surface area (Å²) in [5.74, 6) is 0.0563. The van der Waals surface area contributed by atoms with Crippen LogP contribution in [-0.2, 0) is 9.84 Å². The Morgan fingerprint density at radius 2 is 1.88 bits per heavy atom. The molecule has 1 saturated carbocycles. The first-order chi connectivity index (χ1) is 11.3. The molecule has 24 heavy (non-hydrogen) atoms. The molecule has 0 unspecified atom stereocenters. The molecule has 2 atom stereocenters. The molecule has 1 heterocycles. The fraction of sp³-hybridized carbons (Fsp3) is 0.500. The lowest BCUT2D eigenvalue weighted by molar-refractivity contribution is 0.0669. The molecular formula is C18H23NO4S. The fourth-order valence-corrected chi connectivity index (χ4v) is 5.19. The zero-order valence-corrected chi connectivity index (χ0v) is 15.1. The SMILES string of the molecule is Cc1c(C(=O)N(C)[C@H]2CCCC[C@H]2S(C)(=O)=O)oc2ccccc12. The van der Waals surface area contributed by atoms with E-state index in [0.29, 0.717) is 24.2 Å². The fourth-order valence-electron chi connectivity index (χ4n) is 3.71. The lowest BCUT2D eigenvalue weighted by atomic mass is 9.93. The van der Waals surface area contributed by atoms with Crippen LogP contribution in [0.4, 0.5) is 0 Å². The Hall–Kier alpha value is -1.82. The molecule has 5 nitrogen and oxygen atoms in total. The Labute approximate surface area is 142 Å². The van der Waals surface area contributed by atoms with Gasteiger partial charge in [-0.25, -0.2) is 8.42 Å². The number of para-hydroxylation sites is 1. The van der Waals surface area contributed by atoms with Gasteiger partial charge in [-0.15, -0.1) is 0 Å². The van der Waals surface area contributed by atoms with Crippen LogP contribution in [0.5, 0.6) is 0 Å². The number of aryl methyl sites for hydroxylation is 1. The minimum Gasteiger partial charge on any atom is -0.451 e.